The molecule has 1 atom stereocenters. The summed E-state index contributed by atoms with van der Waals surface area (Å²) in [4.78, 5) is 24.3. The molecule has 42 heavy (non-hydrogen) atoms. The van der Waals surface area contributed by atoms with Gasteiger partial charge in [-0.25, -0.2) is 9.97 Å². The van der Waals surface area contributed by atoms with Crippen molar-refractivity contribution in [2.75, 3.05) is 44.3 Å². The summed E-state index contributed by atoms with van der Waals surface area (Å²) in [6, 6.07) is 17.4. The molecule has 0 spiro atoms. The van der Waals surface area contributed by atoms with Crippen LogP contribution >= 0.6 is 0 Å². The van der Waals surface area contributed by atoms with Crippen LogP contribution in [0.15, 0.2) is 54.7 Å². The van der Waals surface area contributed by atoms with E-state index in [9.17, 15) is 28.3 Å². The average Bonchev–Trinajstić information content (AvgIpc) is 3.01. The van der Waals surface area contributed by atoms with E-state index >= 15 is 0 Å². The highest BCUT2D eigenvalue weighted by molar-refractivity contribution is 5.81. The Bertz CT molecular complexity index is 1430. The molecular formula is C30H30F3N5O4. The molecule has 2 aromatic carbocycles. The summed E-state index contributed by atoms with van der Waals surface area (Å²) in [5.74, 6) is -0.379. The standard InChI is InChI=1S/C30H30F3N5O4/c31-30(32,33)28(39)29(40)38-11-8-24(9-12-38)42-26-6-3-21(18-22(26)19-34)25-7-10-35-27(36-25)17-20-1-4-23(5-2-20)37-13-15-41-16-14-37/h1-7,10,18,24,28,39H,8-9,11-17H2/t28-/m0/s1. The largest absolute Gasteiger partial charge is 0.489 e. The van der Waals surface area contributed by atoms with Gasteiger partial charge in [0, 0.05) is 62.9 Å². The number of nitrogens with zero attached hydrogens (tertiary/aromatic N) is 5. The first-order valence-corrected chi connectivity index (χ1v) is 13.7. The minimum absolute atomic E-state index is 0.0102. The van der Waals surface area contributed by atoms with Crippen LogP contribution in [0.5, 0.6) is 5.75 Å². The summed E-state index contributed by atoms with van der Waals surface area (Å²) in [6.07, 6.45) is -5.66. The predicted octanol–water partition coefficient (Wildman–Crippen LogP) is 3.74. The predicted molar refractivity (Wildman–Crippen MR) is 147 cm³/mol. The van der Waals surface area contributed by atoms with Crippen molar-refractivity contribution in [1.82, 2.24) is 14.9 Å². The maximum atomic E-state index is 12.7. The van der Waals surface area contributed by atoms with Gasteiger partial charge in [-0.1, -0.05) is 12.1 Å². The number of benzene rings is 2. The number of carbonyl (C=O) groups excluding carboxylic acids is 1. The minimum Gasteiger partial charge on any atom is -0.489 e. The fourth-order valence-electron chi connectivity index (χ4n) is 5.04. The smallest absolute Gasteiger partial charge is 0.423 e. The van der Waals surface area contributed by atoms with Crippen molar-refractivity contribution >= 4 is 11.6 Å². The third-order valence-corrected chi connectivity index (χ3v) is 7.37. The zero-order valence-electron chi connectivity index (χ0n) is 22.8. The van der Waals surface area contributed by atoms with Crippen LogP contribution in [0.4, 0.5) is 18.9 Å². The summed E-state index contributed by atoms with van der Waals surface area (Å²) >= 11 is 0. The molecule has 9 nitrogen and oxygen atoms in total. The van der Waals surface area contributed by atoms with Crippen LogP contribution in [-0.4, -0.2) is 83.7 Å². The Morgan fingerprint density at radius 2 is 1.81 bits per heavy atom. The van der Waals surface area contributed by atoms with Crippen LogP contribution in [0.2, 0.25) is 0 Å². The molecule has 2 fully saturated rings. The molecule has 1 aromatic heterocycles. The van der Waals surface area contributed by atoms with E-state index in [1.165, 1.54) is 0 Å². The van der Waals surface area contributed by atoms with Gasteiger partial charge in [-0.3, -0.25) is 4.79 Å². The molecule has 3 heterocycles. The van der Waals surface area contributed by atoms with Gasteiger partial charge in [0.1, 0.15) is 23.7 Å². The maximum Gasteiger partial charge on any atom is 0.423 e. The lowest BCUT2D eigenvalue weighted by Gasteiger charge is -2.33. The fourth-order valence-corrected chi connectivity index (χ4v) is 5.04. The average molecular weight is 582 g/mol. The molecular weight excluding hydrogens is 551 g/mol. The molecule has 3 aromatic rings. The molecule has 0 bridgehead atoms. The van der Waals surface area contributed by atoms with E-state index in [0.29, 0.717) is 29.3 Å². The molecule has 0 radical (unpaired) electrons. The van der Waals surface area contributed by atoms with E-state index in [-0.39, 0.29) is 31.5 Å². The minimum atomic E-state index is -5.01. The molecule has 1 amide bonds. The third kappa shape index (κ3) is 6.98. The first kappa shape index (κ1) is 29.3. The number of carbonyl (C=O) groups is 1. The van der Waals surface area contributed by atoms with E-state index in [2.05, 4.69) is 40.2 Å². The van der Waals surface area contributed by atoms with Crippen molar-refractivity contribution in [3.05, 3.63) is 71.7 Å². The number of aliphatic hydroxyl groups excluding tert-OH is 1. The van der Waals surface area contributed by atoms with Gasteiger partial charge < -0.3 is 24.4 Å². The van der Waals surface area contributed by atoms with Gasteiger partial charge in [0.15, 0.2) is 0 Å². The fraction of sp³-hybridized carbons (Fsp3) is 0.400. The van der Waals surface area contributed by atoms with Gasteiger partial charge in [-0.15, -0.1) is 0 Å². The van der Waals surface area contributed by atoms with Crippen molar-refractivity contribution in [1.29, 1.82) is 5.26 Å². The number of rotatable bonds is 7. The molecule has 0 aliphatic carbocycles. The highest BCUT2D eigenvalue weighted by Crippen LogP contribution is 2.29. The molecule has 2 saturated heterocycles. The summed E-state index contributed by atoms with van der Waals surface area (Å²) in [6.45, 7) is 3.22. The summed E-state index contributed by atoms with van der Waals surface area (Å²) in [5.41, 5.74) is 3.89. The maximum absolute atomic E-state index is 12.7. The first-order valence-electron chi connectivity index (χ1n) is 13.7. The number of halogens is 3. The first-order chi connectivity index (χ1) is 20.2. The summed E-state index contributed by atoms with van der Waals surface area (Å²) in [7, 11) is 0. The van der Waals surface area contributed by atoms with Gasteiger partial charge in [-0.05, 0) is 42.0 Å². The lowest BCUT2D eigenvalue weighted by atomic mass is 10.0. The Morgan fingerprint density at radius 3 is 2.48 bits per heavy atom. The number of hydrogen-bond donors (Lipinski definition) is 1. The quantitative estimate of drug-likeness (QED) is 0.449. The monoisotopic (exact) mass is 581 g/mol. The van der Waals surface area contributed by atoms with Gasteiger partial charge in [0.25, 0.3) is 5.91 Å². The van der Waals surface area contributed by atoms with Crippen molar-refractivity contribution in [2.45, 2.75) is 37.6 Å². The van der Waals surface area contributed by atoms with Crippen molar-refractivity contribution < 1.29 is 32.5 Å². The highest BCUT2D eigenvalue weighted by atomic mass is 19.4. The van der Waals surface area contributed by atoms with E-state index < -0.39 is 24.3 Å². The van der Waals surface area contributed by atoms with Crippen LogP contribution in [0.1, 0.15) is 29.8 Å². The highest BCUT2D eigenvalue weighted by Gasteiger charge is 2.46. The number of aliphatic hydroxyl groups is 1. The Morgan fingerprint density at radius 1 is 1.10 bits per heavy atom. The van der Waals surface area contributed by atoms with Gasteiger partial charge in [0.05, 0.1) is 24.5 Å². The topological polar surface area (TPSA) is 112 Å². The van der Waals surface area contributed by atoms with Crippen LogP contribution in [0.25, 0.3) is 11.3 Å². The van der Waals surface area contributed by atoms with Crippen molar-refractivity contribution in [3.8, 4) is 23.1 Å². The zero-order chi connectivity index (χ0) is 29.7. The van der Waals surface area contributed by atoms with E-state index in [1.807, 2.05) is 0 Å². The van der Waals surface area contributed by atoms with E-state index in [4.69, 9.17) is 14.5 Å². The number of ether oxygens (including phenoxy) is 2. The Balaban J connectivity index is 1.21. The number of aromatic nitrogens is 2. The number of piperidine rings is 1. The molecule has 1 N–H and O–H groups in total. The van der Waals surface area contributed by atoms with E-state index in [0.717, 1.165) is 42.5 Å². The van der Waals surface area contributed by atoms with E-state index in [1.54, 1.807) is 30.5 Å². The van der Waals surface area contributed by atoms with Crippen LogP contribution in [0, 0.1) is 11.3 Å². The number of amides is 1. The Hall–Kier alpha value is -4.21. The van der Waals surface area contributed by atoms with Crippen LogP contribution < -0.4 is 9.64 Å². The second kappa shape index (κ2) is 12.8. The van der Waals surface area contributed by atoms with Crippen LogP contribution in [0.3, 0.4) is 0 Å². The summed E-state index contributed by atoms with van der Waals surface area (Å²) in [5, 5.41) is 19.0. The molecule has 2 aliphatic heterocycles. The molecule has 0 saturated carbocycles. The van der Waals surface area contributed by atoms with Gasteiger partial charge >= 0.3 is 6.18 Å². The lowest BCUT2D eigenvalue weighted by Crippen LogP contribution is -2.50. The van der Waals surface area contributed by atoms with Gasteiger partial charge in [0.2, 0.25) is 6.10 Å². The number of alkyl halides is 3. The van der Waals surface area contributed by atoms with Crippen LogP contribution in [-0.2, 0) is 16.0 Å². The molecule has 2 aliphatic rings. The van der Waals surface area contributed by atoms with Crippen molar-refractivity contribution in [3.63, 3.8) is 0 Å². The van der Waals surface area contributed by atoms with Crippen molar-refractivity contribution in [2.24, 2.45) is 0 Å². The molecule has 5 rings (SSSR count). The Labute approximate surface area is 241 Å². The molecule has 0 unspecified atom stereocenters. The number of morpholine rings is 1. The number of anilines is 1. The lowest BCUT2D eigenvalue weighted by molar-refractivity contribution is -0.211. The molecule has 12 heteroatoms. The normalized spacial score (nSPS) is 17.0. The second-order valence-electron chi connectivity index (χ2n) is 10.2. The Kier molecular flexibility index (Phi) is 8.89. The zero-order valence-corrected chi connectivity index (χ0v) is 22.8. The molecule has 220 valence electrons. The number of likely N-dealkylation sites (tertiary alicyclic amines) is 1. The van der Waals surface area contributed by atoms with Gasteiger partial charge in [-0.2, -0.15) is 18.4 Å². The number of hydrogen-bond acceptors (Lipinski definition) is 8. The summed E-state index contributed by atoms with van der Waals surface area (Å²) < 4.78 is 49.5. The number of nitriles is 1. The third-order valence-electron chi connectivity index (χ3n) is 7.37. The second-order valence-corrected chi connectivity index (χ2v) is 10.2. The SMILES string of the molecule is N#Cc1cc(-c2ccnc(Cc3ccc(N4CCOCC4)cc3)n2)ccc1OC1CCN(C(=O)[C@H](O)C(F)(F)F)CC1.